The number of halogens is 3. The van der Waals surface area contributed by atoms with Crippen LogP contribution < -0.4 is 5.32 Å². The zero-order valence-electron chi connectivity index (χ0n) is 13.6. The van der Waals surface area contributed by atoms with Gasteiger partial charge in [0, 0.05) is 11.8 Å². The minimum absolute atomic E-state index is 0.188. The van der Waals surface area contributed by atoms with E-state index in [0.29, 0.717) is 12.8 Å². The first-order valence-corrected chi connectivity index (χ1v) is 8.15. The Hall–Kier alpha value is -2.71. The molecule has 2 aliphatic carbocycles. The lowest BCUT2D eigenvalue weighted by molar-refractivity contribution is -0.136. The number of allylic oxidation sites excluding steroid dienone is 2. The zero-order chi connectivity index (χ0) is 18.9. The summed E-state index contributed by atoms with van der Waals surface area (Å²) in [5.74, 6) is -1.22. The van der Waals surface area contributed by atoms with Crippen molar-refractivity contribution in [1.82, 2.24) is 0 Å². The number of nitrogens with zero attached hydrogens (tertiary/aromatic N) is 2. The third-order valence-electron chi connectivity index (χ3n) is 4.64. The Kier molecular flexibility index (Phi) is 4.80. The van der Waals surface area contributed by atoms with Crippen molar-refractivity contribution >= 4 is 17.5 Å². The van der Waals surface area contributed by atoms with Gasteiger partial charge < -0.3 is 10.4 Å². The van der Waals surface area contributed by atoms with Crippen LogP contribution in [0.5, 0.6) is 0 Å². The number of para-hydroxylation sites is 1. The summed E-state index contributed by atoms with van der Waals surface area (Å²) in [4.78, 5) is 24.1. The molecule has 138 valence electrons. The Bertz CT molecular complexity index is 802. The molecular weight excluding hydrogens is 351 g/mol. The van der Waals surface area contributed by atoms with E-state index >= 15 is 0 Å². The number of urea groups is 1. The van der Waals surface area contributed by atoms with Crippen molar-refractivity contribution < 1.29 is 27.9 Å². The van der Waals surface area contributed by atoms with E-state index in [1.165, 1.54) is 12.1 Å². The van der Waals surface area contributed by atoms with E-state index in [-0.39, 0.29) is 29.1 Å². The molecule has 0 spiro atoms. The molecule has 1 aromatic carbocycles. The van der Waals surface area contributed by atoms with Gasteiger partial charge in [0.2, 0.25) is 0 Å². The lowest BCUT2D eigenvalue weighted by atomic mass is 9.80. The van der Waals surface area contributed by atoms with Crippen LogP contribution in [0.1, 0.15) is 31.2 Å². The van der Waals surface area contributed by atoms with E-state index < -0.39 is 23.5 Å². The van der Waals surface area contributed by atoms with Crippen LogP contribution in [0.4, 0.5) is 23.7 Å². The Morgan fingerprint density at radius 3 is 2.46 bits per heavy atom. The van der Waals surface area contributed by atoms with E-state index in [4.69, 9.17) is 0 Å². The lowest BCUT2D eigenvalue weighted by Gasteiger charge is -2.23. The highest BCUT2D eigenvalue weighted by Crippen LogP contribution is 2.43. The number of carbonyl (C=O) groups is 2. The second kappa shape index (κ2) is 6.89. The SMILES string of the molecule is O=C(N=NC1=C(O)C2CCCCC2C1=O)Nc1ccccc1C(F)(F)F. The van der Waals surface area contributed by atoms with Gasteiger partial charge in [-0.05, 0) is 25.0 Å². The van der Waals surface area contributed by atoms with Crippen molar-refractivity contribution in [2.24, 2.45) is 22.1 Å². The largest absolute Gasteiger partial charge is 0.510 e. The molecule has 0 aromatic heterocycles. The van der Waals surface area contributed by atoms with Gasteiger partial charge in [0.15, 0.2) is 11.5 Å². The fourth-order valence-corrected chi connectivity index (χ4v) is 3.42. The molecule has 2 N–H and O–H groups in total. The van der Waals surface area contributed by atoms with Crippen LogP contribution in [0.2, 0.25) is 0 Å². The van der Waals surface area contributed by atoms with Crippen LogP contribution in [0.15, 0.2) is 46.0 Å². The number of aliphatic hydroxyl groups excluding tert-OH is 1. The van der Waals surface area contributed by atoms with Gasteiger partial charge in [-0.3, -0.25) is 4.79 Å². The topological polar surface area (TPSA) is 91.1 Å². The van der Waals surface area contributed by atoms with E-state index in [2.05, 4.69) is 10.2 Å². The third-order valence-corrected chi connectivity index (χ3v) is 4.64. The number of azo groups is 1. The Morgan fingerprint density at radius 1 is 1.15 bits per heavy atom. The predicted octanol–water partition coefficient (Wildman–Crippen LogP) is 4.85. The maximum Gasteiger partial charge on any atom is 0.418 e. The molecule has 2 atom stereocenters. The number of anilines is 1. The molecule has 9 heteroatoms. The number of benzene rings is 1. The van der Waals surface area contributed by atoms with Gasteiger partial charge in [-0.25, -0.2) is 4.79 Å². The van der Waals surface area contributed by atoms with Gasteiger partial charge in [-0.15, -0.1) is 5.11 Å². The number of carbonyl (C=O) groups excluding carboxylic acids is 2. The summed E-state index contributed by atoms with van der Waals surface area (Å²) in [6.07, 6.45) is -1.58. The molecule has 1 saturated carbocycles. The quantitative estimate of drug-likeness (QED) is 0.732. The van der Waals surface area contributed by atoms with Crippen molar-refractivity contribution in [1.29, 1.82) is 0 Å². The lowest BCUT2D eigenvalue weighted by Crippen LogP contribution is -2.21. The van der Waals surface area contributed by atoms with Crippen LogP contribution in [0.3, 0.4) is 0 Å². The van der Waals surface area contributed by atoms with Gasteiger partial charge in [0.25, 0.3) is 0 Å². The first kappa shape index (κ1) is 18.1. The number of rotatable bonds is 2. The summed E-state index contributed by atoms with van der Waals surface area (Å²) in [6.45, 7) is 0. The number of alkyl halides is 3. The normalized spacial score (nSPS) is 23.4. The minimum Gasteiger partial charge on any atom is -0.510 e. The van der Waals surface area contributed by atoms with Crippen molar-refractivity contribution in [3.63, 3.8) is 0 Å². The summed E-state index contributed by atoms with van der Waals surface area (Å²) >= 11 is 0. The molecule has 3 rings (SSSR count). The second-order valence-electron chi connectivity index (χ2n) is 6.27. The zero-order valence-corrected chi connectivity index (χ0v) is 13.6. The first-order chi connectivity index (χ1) is 12.3. The standard InChI is InChI=1S/C17H16F3N3O3/c18-17(19,20)11-7-3-4-8-12(11)21-16(26)23-22-13-14(24)9-5-1-2-6-10(9)15(13)25/h3-4,7-10,24H,1-2,5-6H2,(H,21,26). The molecule has 2 unspecified atom stereocenters. The number of ketones is 1. The summed E-state index contributed by atoms with van der Waals surface area (Å²) in [7, 11) is 0. The van der Waals surface area contributed by atoms with Gasteiger partial charge in [0.05, 0.1) is 11.3 Å². The number of hydrogen-bond acceptors (Lipinski definition) is 4. The monoisotopic (exact) mass is 367 g/mol. The minimum atomic E-state index is -4.64. The molecular formula is C17H16F3N3O3. The third kappa shape index (κ3) is 3.47. The molecule has 6 nitrogen and oxygen atoms in total. The fourth-order valence-electron chi connectivity index (χ4n) is 3.42. The highest BCUT2D eigenvalue weighted by Gasteiger charge is 2.43. The van der Waals surface area contributed by atoms with Crippen molar-refractivity contribution in [3.05, 3.63) is 41.3 Å². The average molecular weight is 367 g/mol. The second-order valence-corrected chi connectivity index (χ2v) is 6.27. The number of hydrogen-bond donors (Lipinski definition) is 2. The summed E-state index contributed by atoms with van der Waals surface area (Å²) < 4.78 is 38.7. The Balaban J connectivity index is 1.75. The maximum absolute atomic E-state index is 12.9. The van der Waals surface area contributed by atoms with Crippen LogP contribution >= 0.6 is 0 Å². The molecule has 0 radical (unpaired) electrons. The van der Waals surface area contributed by atoms with Crippen molar-refractivity contribution in [2.45, 2.75) is 31.9 Å². The maximum atomic E-state index is 12.9. The first-order valence-electron chi connectivity index (χ1n) is 8.15. The molecule has 26 heavy (non-hydrogen) atoms. The number of amides is 2. The molecule has 0 bridgehead atoms. The molecule has 0 saturated heterocycles. The number of Topliss-reactive ketones (excluding diaryl/α,β-unsaturated/α-hetero) is 1. The van der Waals surface area contributed by atoms with Gasteiger partial charge in [-0.2, -0.15) is 13.2 Å². The summed E-state index contributed by atoms with van der Waals surface area (Å²) in [5, 5.41) is 18.9. The number of nitrogens with one attached hydrogen (secondary N) is 1. The molecule has 2 aliphatic rings. The highest BCUT2D eigenvalue weighted by molar-refractivity contribution is 6.00. The van der Waals surface area contributed by atoms with E-state index in [9.17, 15) is 27.9 Å². The number of aliphatic hydroxyl groups is 1. The number of fused-ring (bicyclic) bond motifs is 1. The van der Waals surface area contributed by atoms with Crippen LogP contribution in [0, 0.1) is 11.8 Å². The molecule has 0 heterocycles. The molecule has 0 aliphatic heterocycles. The highest BCUT2D eigenvalue weighted by atomic mass is 19.4. The van der Waals surface area contributed by atoms with Crippen molar-refractivity contribution in [3.8, 4) is 0 Å². The van der Waals surface area contributed by atoms with Gasteiger partial charge in [0.1, 0.15) is 5.76 Å². The Morgan fingerprint density at radius 2 is 1.81 bits per heavy atom. The van der Waals surface area contributed by atoms with Crippen molar-refractivity contribution in [2.75, 3.05) is 5.32 Å². The van der Waals surface area contributed by atoms with Crippen LogP contribution in [-0.2, 0) is 11.0 Å². The van der Waals surface area contributed by atoms with E-state index in [1.54, 1.807) is 0 Å². The molecule has 1 aromatic rings. The Labute approximate surface area is 146 Å². The molecule has 2 amide bonds. The molecule has 1 fully saturated rings. The fraction of sp³-hybridized carbons (Fsp3) is 0.412. The summed E-state index contributed by atoms with van der Waals surface area (Å²) in [5.41, 5.74) is -1.76. The van der Waals surface area contributed by atoms with E-state index in [1.807, 2.05) is 5.32 Å². The predicted molar refractivity (Wildman–Crippen MR) is 85.4 cm³/mol. The van der Waals surface area contributed by atoms with Gasteiger partial charge >= 0.3 is 12.2 Å². The van der Waals surface area contributed by atoms with Crippen LogP contribution in [0.25, 0.3) is 0 Å². The average Bonchev–Trinajstić information content (AvgIpc) is 2.84. The van der Waals surface area contributed by atoms with E-state index in [0.717, 1.165) is 25.0 Å². The smallest absolute Gasteiger partial charge is 0.418 e. The summed E-state index contributed by atoms with van der Waals surface area (Å²) in [6, 6.07) is 3.28. The van der Waals surface area contributed by atoms with Crippen LogP contribution in [-0.4, -0.2) is 16.9 Å². The van der Waals surface area contributed by atoms with Gasteiger partial charge in [-0.1, -0.05) is 30.1 Å².